The highest BCUT2D eigenvalue weighted by Gasteiger charge is 2.25. The Morgan fingerprint density at radius 3 is 2.77 bits per heavy atom. The van der Waals surface area contributed by atoms with Crippen LogP contribution in [0.25, 0.3) is 0 Å². The molecule has 3 aromatic rings. The van der Waals surface area contributed by atoms with Crippen LogP contribution in [0, 0.1) is 5.82 Å². The number of rotatable bonds is 4. The minimum Gasteiger partial charge on any atom is -0.483 e. The molecule has 0 saturated heterocycles. The van der Waals surface area contributed by atoms with Crippen LogP contribution in [-0.4, -0.2) is 12.5 Å². The fourth-order valence-electron chi connectivity index (χ4n) is 3.16. The van der Waals surface area contributed by atoms with E-state index >= 15 is 0 Å². The van der Waals surface area contributed by atoms with Crippen LogP contribution in [0.5, 0.6) is 5.75 Å². The first-order chi connectivity index (χ1) is 12.7. The van der Waals surface area contributed by atoms with Crippen molar-refractivity contribution in [1.29, 1.82) is 0 Å². The molecule has 4 nitrogen and oxygen atoms in total. The summed E-state index contributed by atoms with van der Waals surface area (Å²) in [6.07, 6.45) is 1.90. The number of benzene rings is 2. The molecular formula is C21H18FNO3. The van der Waals surface area contributed by atoms with Gasteiger partial charge in [-0.3, -0.25) is 4.79 Å². The summed E-state index contributed by atoms with van der Waals surface area (Å²) in [6.45, 7) is 0.725. The number of carbonyl (C=O) groups is 1. The molecule has 0 bridgehead atoms. The first kappa shape index (κ1) is 16.4. The molecule has 0 radical (unpaired) electrons. The molecule has 4 rings (SSSR count). The van der Waals surface area contributed by atoms with Crippen molar-refractivity contribution in [1.82, 2.24) is 0 Å². The number of anilines is 1. The van der Waals surface area contributed by atoms with Gasteiger partial charge in [-0.15, -0.1) is 0 Å². The van der Waals surface area contributed by atoms with Crippen LogP contribution >= 0.6 is 0 Å². The van der Waals surface area contributed by atoms with E-state index in [0.29, 0.717) is 12.3 Å². The summed E-state index contributed by atoms with van der Waals surface area (Å²) in [6, 6.07) is 17.4. The predicted octanol–water partition coefficient (Wildman–Crippen LogP) is 4.59. The Morgan fingerprint density at radius 2 is 1.88 bits per heavy atom. The third kappa shape index (κ3) is 3.20. The van der Waals surface area contributed by atoms with Gasteiger partial charge in [0.2, 0.25) is 0 Å². The number of hydrogen-bond donors (Lipinski definition) is 0. The van der Waals surface area contributed by atoms with Gasteiger partial charge < -0.3 is 14.1 Å². The molecule has 1 aromatic heterocycles. The summed E-state index contributed by atoms with van der Waals surface area (Å²) >= 11 is 0. The van der Waals surface area contributed by atoms with E-state index in [2.05, 4.69) is 0 Å². The highest BCUT2D eigenvalue weighted by molar-refractivity contribution is 6.04. The summed E-state index contributed by atoms with van der Waals surface area (Å²) in [5.41, 5.74) is 2.10. The lowest BCUT2D eigenvalue weighted by Crippen LogP contribution is -2.35. The third-order valence-corrected chi connectivity index (χ3v) is 4.43. The maximum atomic E-state index is 13.6. The number of aryl methyl sites for hydroxylation is 1. The van der Waals surface area contributed by atoms with Crippen molar-refractivity contribution in [3.63, 3.8) is 0 Å². The molecule has 132 valence electrons. The molecule has 0 saturated carbocycles. The normalized spacial score (nSPS) is 13.3. The van der Waals surface area contributed by atoms with Crippen LogP contribution in [0.3, 0.4) is 0 Å². The van der Waals surface area contributed by atoms with Crippen LogP contribution in [0.1, 0.15) is 28.3 Å². The number of carbonyl (C=O) groups excluding carboxylic acids is 1. The predicted molar refractivity (Wildman–Crippen MR) is 95.9 cm³/mol. The first-order valence-corrected chi connectivity index (χ1v) is 8.58. The van der Waals surface area contributed by atoms with Crippen molar-refractivity contribution in [3.8, 4) is 5.75 Å². The van der Waals surface area contributed by atoms with Gasteiger partial charge in [0, 0.05) is 12.2 Å². The highest BCUT2D eigenvalue weighted by atomic mass is 19.1. The number of nitrogens with zero attached hydrogens (tertiary/aromatic N) is 1. The fourth-order valence-corrected chi connectivity index (χ4v) is 3.16. The molecule has 1 aliphatic rings. The van der Waals surface area contributed by atoms with Crippen molar-refractivity contribution < 1.29 is 18.3 Å². The second kappa shape index (κ2) is 7.04. The van der Waals surface area contributed by atoms with Crippen LogP contribution in [-0.2, 0) is 13.0 Å². The largest absolute Gasteiger partial charge is 0.483 e. The van der Waals surface area contributed by atoms with Gasteiger partial charge in [0.1, 0.15) is 12.4 Å². The Morgan fingerprint density at radius 1 is 1.08 bits per heavy atom. The summed E-state index contributed by atoms with van der Waals surface area (Å²) in [4.78, 5) is 14.6. The summed E-state index contributed by atoms with van der Waals surface area (Å²) in [5.74, 6) is 0.284. The molecule has 0 fully saturated rings. The van der Waals surface area contributed by atoms with Crippen LogP contribution in [0.2, 0.25) is 0 Å². The van der Waals surface area contributed by atoms with Crippen LogP contribution in [0.4, 0.5) is 10.1 Å². The van der Waals surface area contributed by atoms with E-state index in [0.717, 1.165) is 18.5 Å². The molecule has 26 heavy (non-hydrogen) atoms. The minimum atomic E-state index is -0.430. The average Bonchev–Trinajstić information content (AvgIpc) is 3.15. The van der Waals surface area contributed by atoms with Gasteiger partial charge >= 0.3 is 0 Å². The molecular weight excluding hydrogens is 333 g/mol. The number of para-hydroxylation sites is 2. The van der Waals surface area contributed by atoms with Gasteiger partial charge in [-0.1, -0.05) is 30.3 Å². The smallest absolute Gasteiger partial charge is 0.293 e. The maximum absolute atomic E-state index is 13.6. The van der Waals surface area contributed by atoms with E-state index in [-0.39, 0.29) is 24.0 Å². The van der Waals surface area contributed by atoms with Crippen molar-refractivity contribution in [2.45, 2.75) is 19.4 Å². The number of furan rings is 1. The summed E-state index contributed by atoms with van der Waals surface area (Å²) < 4.78 is 24.7. The Hall–Kier alpha value is -3.08. The molecule has 0 N–H and O–H groups in total. The molecule has 5 heteroatoms. The Kier molecular flexibility index (Phi) is 4.44. The Balaban J connectivity index is 1.48. The topological polar surface area (TPSA) is 42.7 Å². The van der Waals surface area contributed by atoms with E-state index in [1.165, 1.54) is 11.6 Å². The lowest BCUT2D eigenvalue weighted by atomic mass is 10.0. The quantitative estimate of drug-likeness (QED) is 0.690. The zero-order valence-corrected chi connectivity index (χ0v) is 14.2. The zero-order chi connectivity index (χ0) is 17.9. The van der Waals surface area contributed by atoms with Crippen molar-refractivity contribution in [2.75, 3.05) is 11.4 Å². The third-order valence-electron chi connectivity index (χ3n) is 4.43. The number of ether oxygens (including phenoxy) is 1. The van der Waals surface area contributed by atoms with Crippen LogP contribution < -0.4 is 9.64 Å². The number of amides is 1. The molecule has 0 atom stereocenters. The van der Waals surface area contributed by atoms with Gasteiger partial charge in [0.25, 0.3) is 5.91 Å². The Labute approximate surface area is 150 Å². The second-order valence-electron chi connectivity index (χ2n) is 6.17. The molecule has 0 aliphatic carbocycles. The van der Waals surface area contributed by atoms with Gasteiger partial charge in [-0.25, -0.2) is 4.39 Å². The molecule has 1 amide bonds. The van der Waals surface area contributed by atoms with E-state index in [9.17, 15) is 9.18 Å². The molecule has 0 unspecified atom stereocenters. The Bertz CT molecular complexity index is 934. The van der Waals surface area contributed by atoms with Crippen molar-refractivity contribution in [2.24, 2.45) is 0 Å². The lowest BCUT2D eigenvalue weighted by molar-refractivity contribution is 0.0954. The lowest BCUT2D eigenvalue weighted by Gasteiger charge is -2.28. The molecule has 1 aliphatic heterocycles. The van der Waals surface area contributed by atoms with Gasteiger partial charge in [0.05, 0.1) is 0 Å². The molecule has 2 heterocycles. The number of fused-ring (bicyclic) bond motifs is 1. The second-order valence-corrected chi connectivity index (χ2v) is 6.17. The minimum absolute atomic E-state index is 0.0603. The van der Waals surface area contributed by atoms with Crippen molar-refractivity contribution in [3.05, 3.63) is 83.6 Å². The summed E-state index contributed by atoms with van der Waals surface area (Å²) in [7, 11) is 0. The van der Waals surface area contributed by atoms with E-state index in [1.54, 1.807) is 35.2 Å². The number of halogens is 1. The van der Waals surface area contributed by atoms with E-state index in [1.807, 2.05) is 24.3 Å². The van der Waals surface area contributed by atoms with E-state index < -0.39 is 5.82 Å². The molecule has 2 aromatic carbocycles. The zero-order valence-electron chi connectivity index (χ0n) is 14.2. The van der Waals surface area contributed by atoms with Gasteiger partial charge in [-0.05, 0) is 48.7 Å². The monoisotopic (exact) mass is 351 g/mol. The highest BCUT2D eigenvalue weighted by Crippen LogP contribution is 2.28. The fraction of sp³-hybridized carbons (Fsp3) is 0.190. The van der Waals surface area contributed by atoms with Crippen molar-refractivity contribution >= 4 is 11.6 Å². The standard InChI is InChI=1S/C21H18FNO3/c22-17-8-2-4-10-19(17)25-14-16-11-12-20(26-16)21(24)23-13-5-7-15-6-1-3-9-18(15)23/h1-4,6,8-12H,5,7,13-14H2. The van der Waals surface area contributed by atoms with Gasteiger partial charge in [-0.2, -0.15) is 0 Å². The maximum Gasteiger partial charge on any atom is 0.293 e. The van der Waals surface area contributed by atoms with Crippen LogP contribution in [0.15, 0.2) is 65.1 Å². The number of hydrogen-bond acceptors (Lipinski definition) is 3. The van der Waals surface area contributed by atoms with E-state index in [4.69, 9.17) is 9.15 Å². The molecule has 0 spiro atoms. The SMILES string of the molecule is O=C(c1ccc(COc2ccccc2F)o1)N1CCCc2ccccc21. The van der Waals surface area contributed by atoms with Gasteiger partial charge in [0.15, 0.2) is 17.3 Å². The average molecular weight is 351 g/mol. The summed E-state index contributed by atoms with van der Waals surface area (Å²) in [5, 5.41) is 0. The first-order valence-electron chi connectivity index (χ1n) is 8.58.